The van der Waals surface area contributed by atoms with Crippen molar-refractivity contribution in [2.75, 3.05) is 23.3 Å². The van der Waals surface area contributed by atoms with Crippen molar-refractivity contribution >= 4 is 17.3 Å². The van der Waals surface area contributed by atoms with Crippen molar-refractivity contribution in [2.45, 2.75) is 19.9 Å². The zero-order chi connectivity index (χ0) is 17.9. The maximum Gasteiger partial charge on any atom is 0.226 e. The van der Waals surface area contributed by atoms with Crippen LogP contribution in [0.2, 0.25) is 0 Å². The van der Waals surface area contributed by atoms with E-state index < -0.39 is 0 Å². The summed E-state index contributed by atoms with van der Waals surface area (Å²) in [5.74, 6) is 0.768. The third kappa shape index (κ3) is 2.96. The van der Waals surface area contributed by atoms with Crippen LogP contribution < -0.4 is 10.2 Å². The lowest BCUT2D eigenvalue weighted by Gasteiger charge is -2.25. The molecule has 1 aliphatic heterocycles. The van der Waals surface area contributed by atoms with Gasteiger partial charge in [-0.1, -0.05) is 42.5 Å². The second-order valence-corrected chi connectivity index (χ2v) is 6.31. The third-order valence-electron chi connectivity index (χ3n) is 4.86. The molecule has 1 unspecified atom stereocenters. The molecule has 0 radical (unpaired) electrons. The predicted octanol–water partition coefficient (Wildman–Crippen LogP) is 4.18. The number of anilines is 2. The number of hydrogen-bond donors (Lipinski definition) is 1. The Balaban J connectivity index is 1.71. The highest BCUT2D eigenvalue weighted by molar-refractivity contribution is 5.77. The third-order valence-corrected chi connectivity index (χ3v) is 4.86. The van der Waals surface area contributed by atoms with Gasteiger partial charge in [0, 0.05) is 24.5 Å². The number of rotatable bonds is 5. The molecule has 1 atom stereocenters. The van der Waals surface area contributed by atoms with Crippen LogP contribution in [-0.2, 0) is 0 Å². The van der Waals surface area contributed by atoms with E-state index in [0.29, 0.717) is 0 Å². The van der Waals surface area contributed by atoms with Gasteiger partial charge in [-0.05, 0) is 43.2 Å². The molecule has 0 saturated heterocycles. The molecule has 1 aliphatic rings. The summed E-state index contributed by atoms with van der Waals surface area (Å²) in [6, 6.07) is 19.1. The molecule has 1 aromatic heterocycles. The molecule has 0 fully saturated rings. The van der Waals surface area contributed by atoms with Crippen LogP contribution >= 0.6 is 0 Å². The Morgan fingerprint density at radius 3 is 2.42 bits per heavy atom. The van der Waals surface area contributed by atoms with Gasteiger partial charge < -0.3 is 10.2 Å². The van der Waals surface area contributed by atoms with E-state index in [0.717, 1.165) is 30.3 Å². The Labute approximate surface area is 154 Å². The molecule has 0 spiro atoms. The Hall–Kier alpha value is -3.08. The Bertz CT molecular complexity index is 892. The average Bonchev–Trinajstić information content (AvgIpc) is 3.18. The van der Waals surface area contributed by atoms with Gasteiger partial charge in [-0.3, -0.25) is 0 Å². The number of nitrogens with one attached hydrogen (secondary N) is 1. The van der Waals surface area contributed by atoms with Gasteiger partial charge in [0.05, 0.1) is 0 Å². The normalized spacial score (nSPS) is 15.8. The number of fused-ring (bicyclic) bond motifs is 1. The lowest BCUT2D eigenvalue weighted by Crippen LogP contribution is -2.22. The molecule has 4 rings (SSSR count). The molecule has 0 bridgehead atoms. The topological polar surface area (TPSA) is 46.0 Å². The van der Waals surface area contributed by atoms with Crippen LogP contribution in [0.3, 0.4) is 0 Å². The van der Waals surface area contributed by atoms with Gasteiger partial charge in [-0.2, -0.15) is 10.1 Å². The monoisotopic (exact) mass is 345 g/mol. The highest BCUT2D eigenvalue weighted by Gasteiger charge is 2.23. The van der Waals surface area contributed by atoms with E-state index in [1.807, 2.05) is 22.9 Å². The smallest absolute Gasteiger partial charge is 0.226 e. The van der Waals surface area contributed by atoms with Crippen LogP contribution in [0.15, 0.2) is 67.0 Å². The Morgan fingerprint density at radius 2 is 1.73 bits per heavy atom. The fraction of sp³-hybridized carbons (Fsp3) is 0.238. The lowest BCUT2D eigenvalue weighted by molar-refractivity contribution is 0.612. The van der Waals surface area contributed by atoms with Gasteiger partial charge in [-0.15, -0.1) is 0 Å². The number of allylic oxidation sites excluding steroid dienone is 1. The van der Waals surface area contributed by atoms with Crippen LogP contribution in [0.25, 0.3) is 5.70 Å². The summed E-state index contributed by atoms with van der Waals surface area (Å²) in [7, 11) is 0. The zero-order valence-electron chi connectivity index (χ0n) is 15.1. The van der Waals surface area contributed by atoms with Crippen molar-refractivity contribution in [3.63, 3.8) is 0 Å². The van der Waals surface area contributed by atoms with Crippen LogP contribution in [0, 0.1) is 0 Å². The Morgan fingerprint density at radius 1 is 1.00 bits per heavy atom. The molecule has 2 aromatic carbocycles. The van der Waals surface area contributed by atoms with Gasteiger partial charge in [0.1, 0.15) is 12.4 Å². The minimum absolute atomic E-state index is 0.0229. The summed E-state index contributed by atoms with van der Waals surface area (Å²) in [6.07, 6.45) is 3.81. The maximum atomic E-state index is 4.42. The summed E-state index contributed by atoms with van der Waals surface area (Å²) in [5, 5.41) is 7.80. The van der Waals surface area contributed by atoms with E-state index in [4.69, 9.17) is 0 Å². The van der Waals surface area contributed by atoms with Crippen molar-refractivity contribution in [1.29, 1.82) is 0 Å². The van der Waals surface area contributed by atoms with Gasteiger partial charge in [0.15, 0.2) is 0 Å². The molecular formula is C21H23N5. The number of hydrogen-bond acceptors (Lipinski definition) is 4. The fourth-order valence-corrected chi connectivity index (χ4v) is 3.43. The molecule has 0 amide bonds. The van der Waals surface area contributed by atoms with E-state index in [-0.39, 0.29) is 6.04 Å². The van der Waals surface area contributed by atoms with Gasteiger partial charge in [0.2, 0.25) is 5.95 Å². The number of aromatic nitrogens is 3. The second-order valence-electron chi connectivity index (χ2n) is 6.31. The Kier molecular flexibility index (Phi) is 4.44. The van der Waals surface area contributed by atoms with E-state index in [2.05, 4.69) is 76.6 Å². The molecule has 2 heterocycles. The van der Waals surface area contributed by atoms with Gasteiger partial charge in [0.25, 0.3) is 0 Å². The molecule has 5 nitrogen and oxygen atoms in total. The standard InChI is InChI=1S/C21H23N5/c1-3-25(4-2)18-12-10-17(11-13-18)20-14-19(16-8-6-5-7-9-16)24-21-22-15-23-26(20)21/h5-15,20H,3-4H2,1-2H3,(H,22,23,24). The van der Waals surface area contributed by atoms with Crippen molar-refractivity contribution in [2.24, 2.45) is 0 Å². The molecule has 5 heteroatoms. The fourth-order valence-electron chi connectivity index (χ4n) is 3.43. The SMILES string of the molecule is CCN(CC)c1ccc(C2C=C(c3ccccc3)Nc3ncnn32)cc1. The van der Waals surface area contributed by atoms with Crippen molar-refractivity contribution in [3.8, 4) is 0 Å². The average molecular weight is 345 g/mol. The second kappa shape index (κ2) is 7.04. The number of benzene rings is 2. The first-order valence-electron chi connectivity index (χ1n) is 9.08. The van der Waals surface area contributed by atoms with Crippen molar-refractivity contribution in [3.05, 3.63) is 78.1 Å². The molecule has 0 aliphatic carbocycles. The van der Waals surface area contributed by atoms with E-state index in [1.54, 1.807) is 6.33 Å². The predicted molar refractivity (Wildman–Crippen MR) is 106 cm³/mol. The first-order valence-corrected chi connectivity index (χ1v) is 9.08. The van der Waals surface area contributed by atoms with Gasteiger partial charge >= 0.3 is 0 Å². The molecule has 1 N–H and O–H groups in total. The summed E-state index contributed by atoms with van der Waals surface area (Å²) in [6.45, 7) is 6.38. The molecule has 0 saturated carbocycles. The highest BCUT2D eigenvalue weighted by atomic mass is 15.4. The minimum Gasteiger partial charge on any atom is -0.372 e. The van der Waals surface area contributed by atoms with E-state index >= 15 is 0 Å². The minimum atomic E-state index is 0.0229. The van der Waals surface area contributed by atoms with Crippen LogP contribution in [0.5, 0.6) is 0 Å². The van der Waals surface area contributed by atoms with Crippen LogP contribution in [0.1, 0.15) is 31.0 Å². The van der Waals surface area contributed by atoms with E-state index in [1.165, 1.54) is 11.3 Å². The summed E-state index contributed by atoms with van der Waals surface area (Å²) in [5.41, 5.74) is 4.65. The summed E-state index contributed by atoms with van der Waals surface area (Å²) >= 11 is 0. The summed E-state index contributed by atoms with van der Waals surface area (Å²) in [4.78, 5) is 6.72. The molecule has 3 aromatic rings. The van der Waals surface area contributed by atoms with Gasteiger partial charge in [-0.25, -0.2) is 4.68 Å². The van der Waals surface area contributed by atoms with E-state index in [9.17, 15) is 0 Å². The number of nitrogens with zero attached hydrogens (tertiary/aromatic N) is 4. The van der Waals surface area contributed by atoms with Crippen molar-refractivity contribution in [1.82, 2.24) is 14.8 Å². The highest BCUT2D eigenvalue weighted by Crippen LogP contribution is 2.32. The van der Waals surface area contributed by atoms with Crippen LogP contribution in [0.4, 0.5) is 11.6 Å². The molecule has 132 valence electrons. The van der Waals surface area contributed by atoms with Crippen molar-refractivity contribution < 1.29 is 0 Å². The first-order chi connectivity index (χ1) is 12.8. The maximum absolute atomic E-state index is 4.42. The largest absolute Gasteiger partial charge is 0.372 e. The molecular weight excluding hydrogens is 322 g/mol. The summed E-state index contributed by atoms with van der Waals surface area (Å²) < 4.78 is 1.93. The van der Waals surface area contributed by atoms with Crippen LogP contribution in [-0.4, -0.2) is 27.9 Å². The zero-order valence-corrected chi connectivity index (χ0v) is 15.1. The quantitative estimate of drug-likeness (QED) is 0.753. The first kappa shape index (κ1) is 16.4. The molecule has 26 heavy (non-hydrogen) atoms. The lowest BCUT2D eigenvalue weighted by atomic mass is 10.0.